The van der Waals surface area contributed by atoms with Gasteiger partial charge in [0.2, 0.25) is 0 Å². The standard InChI is InChI=1S/C14H15NO.C6H10O2/c16-14(10-5-1-2-6-10)12-9-15-13-8-4-3-7-11(12)13;7-6(8)5-3-1-2-4-5/h3-4,7-10,15H,1-2,5-6H2;5H,1-4H2,(H,7,8). The number of nitrogens with one attached hydrogen (secondary N) is 1. The second kappa shape index (κ2) is 7.65. The second-order valence-electron chi connectivity index (χ2n) is 6.91. The molecule has 2 saturated carbocycles. The van der Waals surface area contributed by atoms with E-state index in [2.05, 4.69) is 4.98 Å². The molecule has 2 aliphatic carbocycles. The van der Waals surface area contributed by atoms with E-state index in [0.717, 1.165) is 55.0 Å². The number of fused-ring (bicyclic) bond motifs is 1. The fourth-order valence-corrected chi connectivity index (χ4v) is 3.86. The van der Waals surface area contributed by atoms with Crippen LogP contribution in [0.25, 0.3) is 10.9 Å². The lowest BCUT2D eigenvalue weighted by atomic mass is 9.96. The van der Waals surface area contributed by atoms with Gasteiger partial charge in [-0.1, -0.05) is 43.9 Å². The van der Waals surface area contributed by atoms with E-state index in [1.54, 1.807) is 0 Å². The molecule has 0 atom stereocenters. The molecule has 4 nitrogen and oxygen atoms in total. The van der Waals surface area contributed by atoms with Crippen LogP contribution in [-0.2, 0) is 4.79 Å². The maximum absolute atomic E-state index is 12.3. The zero-order valence-electron chi connectivity index (χ0n) is 14.0. The number of benzene rings is 1. The molecule has 0 amide bonds. The zero-order chi connectivity index (χ0) is 16.9. The van der Waals surface area contributed by atoms with E-state index < -0.39 is 5.97 Å². The van der Waals surface area contributed by atoms with Gasteiger partial charge in [0.1, 0.15) is 0 Å². The fourth-order valence-electron chi connectivity index (χ4n) is 3.86. The molecule has 1 aromatic heterocycles. The third-order valence-electron chi connectivity index (χ3n) is 5.29. The first-order valence-corrected chi connectivity index (χ1v) is 9.00. The Hall–Kier alpha value is -2.10. The average molecular weight is 327 g/mol. The Morgan fingerprint density at radius 3 is 2.08 bits per heavy atom. The summed E-state index contributed by atoms with van der Waals surface area (Å²) < 4.78 is 0. The highest BCUT2D eigenvalue weighted by atomic mass is 16.4. The first-order chi connectivity index (χ1) is 11.7. The quantitative estimate of drug-likeness (QED) is 0.795. The molecule has 2 aliphatic rings. The second-order valence-corrected chi connectivity index (χ2v) is 6.91. The minimum absolute atomic E-state index is 0.0185. The number of para-hydroxylation sites is 1. The summed E-state index contributed by atoms with van der Waals surface area (Å²) in [5.74, 6) is -0.0355. The predicted molar refractivity (Wildman–Crippen MR) is 94.2 cm³/mol. The normalized spacial score (nSPS) is 18.5. The third kappa shape index (κ3) is 3.69. The molecule has 1 aromatic carbocycles. The molecule has 2 fully saturated rings. The lowest BCUT2D eigenvalue weighted by Gasteiger charge is -2.06. The SMILES string of the molecule is O=C(O)C1CCCC1.O=C(c1c[nH]c2ccccc12)C1CCCC1. The molecule has 24 heavy (non-hydrogen) atoms. The molecule has 0 bridgehead atoms. The molecule has 2 N–H and O–H groups in total. The molecule has 0 aliphatic heterocycles. The summed E-state index contributed by atoms with van der Waals surface area (Å²) >= 11 is 0. The highest BCUT2D eigenvalue weighted by Crippen LogP contribution is 2.30. The Bertz CT molecular complexity index is 706. The van der Waals surface area contributed by atoms with Gasteiger partial charge in [0.05, 0.1) is 5.92 Å². The summed E-state index contributed by atoms with van der Waals surface area (Å²) in [6.07, 6.45) is 10.4. The lowest BCUT2D eigenvalue weighted by molar-refractivity contribution is -0.141. The number of carboxylic acid groups (broad SMARTS) is 1. The summed E-state index contributed by atoms with van der Waals surface area (Å²) in [5.41, 5.74) is 1.94. The summed E-state index contributed by atoms with van der Waals surface area (Å²) in [6.45, 7) is 0. The van der Waals surface area contributed by atoms with Crippen molar-refractivity contribution < 1.29 is 14.7 Å². The zero-order valence-corrected chi connectivity index (χ0v) is 14.0. The summed E-state index contributed by atoms with van der Waals surface area (Å²) in [6, 6.07) is 8.01. The predicted octanol–water partition coefficient (Wildman–Crippen LogP) is 4.80. The van der Waals surface area contributed by atoms with Crippen LogP contribution in [0.1, 0.15) is 61.7 Å². The number of carbonyl (C=O) groups is 2. The Balaban J connectivity index is 0.000000179. The summed E-state index contributed by atoms with van der Waals surface area (Å²) in [7, 11) is 0. The van der Waals surface area contributed by atoms with Gasteiger partial charge in [-0.3, -0.25) is 9.59 Å². The fraction of sp³-hybridized carbons (Fsp3) is 0.500. The van der Waals surface area contributed by atoms with Crippen LogP contribution in [0.4, 0.5) is 0 Å². The van der Waals surface area contributed by atoms with Crippen molar-refractivity contribution in [1.82, 2.24) is 4.98 Å². The number of carboxylic acids is 1. The molecule has 0 radical (unpaired) electrons. The van der Waals surface area contributed by atoms with Gasteiger partial charge in [0.25, 0.3) is 0 Å². The van der Waals surface area contributed by atoms with E-state index in [1.165, 1.54) is 12.8 Å². The number of aliphatic carboxylic acids is 1. The summed E-state index contributed by atoms with van der Waals surface area (Å²) in [4.78, 5) is 25.7. The third-order valence-corrected chi connectivity index (χ3v) is 5.29. The van der Waals surface area contributed by atoms with E-state index in [4.69, 9.17) is 5.11 Å². The van der Waals surface area contributed by atoms with E-state index in [1.807, 2.05) is 30.5 Å². The molecule has 0 spiro atoms. The van der Waals surface area contributed by atoms with Crippen molar-refractivity contribution in [3.05, 3.63) is 36.0 Å². The van der Waals surface area contributed by atoms with Crippen molar-refractivity contribution in [3.63, 3.8) is 0 Å². The van der Waals surface area contributed by atoms with Gasteiger partial charge < -0.3 is 10.1 Å². The van der Waals surface area contributed by atoms with Crippen LogP contribution in [0.3, 0.4) is 0 Å². The van der Waals surface area contributed by atoms with Crippen LogP contribution < -0.4 is 0 Å². The number of hydrogen-bond acceptors (Lipinski definition) is 2. The number of aromatic amines is 1. The van der Waals surface area contributed by atoms with Crippen LogP contribution in [0.15, 0.2) is 30.5 Å². The number of rotatable bonds is 3. The monoisotopic (exact) mass is 327 g/mol. The van der Waals surface area contributed by atoms with E-state index in [9.17, 15) is 9.59 Å². The van der Waals surface area contributed by atoms with Gasteiger partial charge in [0.15, 0.2) is 5.78 Å². The summed E-state index contributed by atoms with van der Waals surface area (Å²) in [5, 5.41) is 9.48. The Morgan fingerprint density at radius 2 is 1.50 bits per heavy atom. The molecule has 4 heteroatoms. The van der Waals surface area contributed by atoms with Gasteiger partial charge in [-0.2, -0.15) is 0 Å². The van der Waals surface area contributed by atoms with Crippen molar-refractivity contribution in [1.29, 1.82) is 0 Å². The van der Waals surface area contributed by atoms with E-state index in [0.29, 0.717) is 5.78 Å². The van der Waals surface area contributed by atoms with Gasteiger partial charge >= 0.3 is 5.97 Å². The Labute approximate surface area is 142 Å². The number of H-pyrrole nitrogens is 1. The number of aromatic nitrogens is 1. The van der Waals surface area contributed by atoms with Gasteiger partial charge in [-0.25, -0.2) is 0 Å². The molecule has 0 saturated heterocycles. The first kappa shape index (κ1) is 16.7. The lowest BCUT2D eigenvalue weighted by Crippen LogP contribution is -2.10. The van der Waals surface area contributed by atoms with Crippen molar-refractivity contribution in [2.75, 3.05) is 0 Å². The van der Waals surface area contributed by atoms with Crippen LogP contribution >= 0.6 is 0 Å². The van der Waals surface area contributed by atoms with Crippen LogP contribution in [0, 0.1) is 11.8 Å². The minimum Gasteiger partial charge on any atom is -0.481 e. The molecule has 2 aromatic rings. The molecule has 1 heterocycles. The number of ketones is 1. The maximum atomic E-state index is 12.3. The highest BCUT2D eigenvalue weighted by Gasteiger charge is 2.25. The number of carbonyl (C=O) groups excluding carboxylic acids is 1. The smallest absolute Gasteiger partial charge is 0.306 e. The molecule has 128 valence electrons. The van der Waals surface area contributed by atoms with Crippen LogP contribution in [0.2, 0.25) is 0 Å². The van der Waals surface area contributed by atoms with Crippen molar-refractivity contribution in [2.45, 2.75) is 51.4 Å². The van der Waals surface area contributed by atoms with Crippen LogP contribution in [0.5, 0.6) is 0 Å². The van der Waals surface area contributed by atoms with Gasteiger partial charge in [-0.15, -0.1) is 0 Å². The molecular formula is C20H25NO3. The first-order valence-electron chi connectivity index (χ1n) is 9.00. The Kier molecular flexibility index (Phi) is 5.34. The van der Waals surface area contributed by atoms with E-state index in [-0.39, 0.29) is 11.8 Å². The largest absolute Gasteiger partial charge is 0.481 e. The van der Waals surface area contributed by atoms with Gasteiger partial charge in [0, 0.05) is 28.6 Å². The number of Topliss-reactive ketones (excluding diaryl/α,β-unsaturated/α-hetero) is 1. The van der Waals surface area contributed by atoms with Crippen molar-refractivity contribution in [3.8, 4) is 0 Å². The number of hydrogen-bond donors (Lipinski definition) is 2. The topological polar surface area (TPSA) is 70.2 Å². The van der Waals surface area contributed by atoms with E-state index >= 15 is 0 Å². The highest BCUT2D eigenvalue weighted by molar-refractivity contribution is 6.08. The molecular weight excluding hydrogens is 302 g/mol. The van der Waals surface area contributed by atoms with Gasteiger partial charge in [-0.05, 0) is 31.7 Å². The van der Waals surface area contributed by atoms with Crippen LogP contribution in [-0.4, -0.2) is 21.8 Å². The van der Waals surface area contributed by atoms with Crippen molar-refractivity contribution >= 4 is 22.7 Å². The Morgan fingerprint density at radius 1 is 0.917 bits per heavy atom. The molecule has 0 unspecified atom stereocenters. The van der Waals surface area contributed by atoms with Crippen molar-refractivity contribution in [2.24, 2.45) is 11.8 Å². The minimum atomic E-state index is -0.609. The average Bonchev–Trinajstić information content (AvgIpc) is 3.35. The maximum Gasteiger partial charge on any atom is 0.306 e. The molecule has 4 rings (SSSR count).